The van der Waals surface area contributed by atoms with Gasteiger partial charge in [0.25, 0.3) is 5.69 Å². The summed E-state index contributed by atoms with van der Waals surface area (Å²) < 4.78 is 0.675. The van der Waals surface area contributed by atoms with Crippen LogP contribution in [0.5, 0.6) is 0 Å². The summed E-state index contributed by atoms with van der Waals surface area (Å²) in [7, 11) is 0. The van der Waals surface area contributed by atoms with Gasteiger partial charge >= 0.3 is 0 Å². The second-order valence-corrected chi connectivity index (χ2v) is 5.61. The summed E-state index contributed by atoms with van der Waals surface area (Å²) in [6.07, 6.45) is 3.40. The molecule has 1 heterocycles. The fourth-order valence-corrected chi connectivity index (χ4v) is 2.86. The van der Waals surface area contributed by atoms with Gasteiger partial charge in [0.05, 0.1) is 8.49 Å². The first-order chi connectivity index (χ1) is 8.66. The number of nitrogens with one attached hydrogen (secondary N) is 2. The van der Waals surface area contributed by atoms with Crippen LogP contribution in [0.2, 0.25) is 0 Å². The SMILES string of the molecule is O=[N+]([O-])c1ccc(NC2CCCNCC2)cc1I. The summed E-state index contributed by atoms with van der Waals surface area (Å²) in [5.41, 5.74) is 1.14. The van der Waals surface area contributed by atoms with E-state index in [-0.39, 0.29) is 10.6 Å². The highest BCUT2D eigenvalue weighted by Gasteiger charge is 2.14. The number of hydrogen-bond donors (Lipinski definition) is 2. The molecular formula is C12H16IN3O2. The van der Waals surface area contributed by atoms with Gasteiger partial charge in [-0.3, -0.25) is 10.1 Å². The van der Waals surface area contributed by atoms with E-state index >= 15 is 0 Å². The monoisotopic (exact) mass is 361 g/mol. The molecule has 6 heteroatoms. The first-order valence-corrected chi connectivity index (χ1v) is 7.16. The summed E-state index contributed by atoms with van der Waals surface area (Å²) in [6, 6.07) is 5.66. The maximum Gasteiger partial charge on any atom is 0.282 e. The van der Waals surface area contributed by atoms with E-state index in [4.69, 9.17) is 0 Å². The van der Waals surface area contributed by atoms with Gasteiger partial charge in [-0.05, 0) is 67.1 Å². The molecule has 1 saturated heterocycles. The lowest BCUT2D eigenvalue weighted by molar-refractivity contribution is -0.385. The van der Waals surface area contributed by atoms with Gasteiger partial charge in [-0.1, -0.05) is 0 Å². The van der Waals surface area contributed by atoms with E-state index in [0.29, 0.717) is 9.61 Å². The third kappa shape index (κ3) is 3.55. The Morgan fingerprint density at radius 1 is 1.39 bits per heavy atom. The minimum atomic E-state index is -0.346. The Morgan fingerprint density at radius 3 is 2.94 bits per heavy atom. The van der Waals surface area contributed by atoms with E-state index in [1.165, 1.54) is 6.42 Å². The van der Waals surface area contributed by atoms with Crippen LogP contribution in [0.15, 0.2) is 18.2 Å². The van der Waals surface area contributed by atoms with Crippen molar-refractivity contribution in [3.63, 3.8) is 0 Å². The fraction of sp³-hybridized carbons (Fsp3) is 0.500. The highest BCUT2D eigenvalue weighted by Crippen LogP contribution is 2.25. The highest BCUT2D eigenvalue weighted by atomic mass is 127. The molecule has 0 radical (unpaired) electrons. The molecule has 2 N–H and O–H groups in total. The summed E-state index contributed by atoms with van der Waals surface area (Å²) in [6.45, 7) is 2.11. The van der Waals surface area contributed by atoms with Gasteiger partial charge < -0.3 is 10.6 Å². The van der Waals surface area contributed by atoms with Gasteiger partial charge in [0.2, 0.25) is 0 Å². The minimum Gasteiger partial charge on any atom is -0.382 e. The smallest absolute Gasteiger partial charge is 0.282 e. The van der Waals surface area contributed by atoms with E-state index < -0.39 is 0 Å². The Labute approximate surface area is 120 Å². The van der Waals surface area contributed by atoms with E-state index in [2.05, 4.69) is 10.6 Å². The number of nitrogens with zero attached hydrogens (tertiary/aromatic N) is 1. The van der Waals surface area contributed by atoms with Crippen LogP contribution in [0.1, 0.15) is 19.3 Å². The molecular weight excluding hydrogens is 345 g/mol. The highest BCUT2D eigenvalue weighted by molar-refractivity contribution is 14.1. The Morgan fingerprint density at radius 2 is 2.22 bits per heavy atom. The van der Waals surface area contributed by atoms with Gasteiger partial charge in [0, 0.05) is 17.8 Å². The zero-order chi connectivity index (χ0) is 13.0. The first kappa shape index (κ1) is 13.5. The Kier molecular flexibility index (Phi) is 4.76. The van der Waals surface area contributed by atoms with Crippen molar-refractivity contribution in [2.75, 3.05) is 18.4 Å². The normalized spacial score (nSPS) is 20.2. The van der Waals surface area contributed by atoms with Crippen LogP contribution in [0, 0.1) is 13.7 Å². The van der Waals surface area contributed by atoms with Crippen LogP contribution in [-0.4, -0.2) is 24.1 Å². The number of nitro benzene ring substituents is 1. The summed E-state index contributed by atoms with van der Waals surface area (Å²) in [5, 5.41) is 17.6. The van der Waals surface area contributed by atoms with Crippen molar-refractivity contribution in [2.45, 2.75) is 25.3 Å². The predicted molar refractivity (Wildman–Crippen MR) is 79.9 cm³/mol. The topological polar surface area (TPSA) is 67.2 Å². The molecule has 0 amide bonds. The second kappa shape index (κ2) is 6.33. The Bertz CT molecular complexity index is 431. The maximum atomic E-state index is 10.7. The van der Waals surface area contributed by atoms with E-state index in [9.17, 15) is 10.1 Å². The molecule has 98 valence electrons. The molecule has 1 atom stereocenters. The molecule has 1 aliphatic heterocycles. The van der Waals surface area contributed by atoms with E-state index in [1.54, 1.807) is 12.1 Å². The van der Waals surface area contributed by atoms with Crippen molar-refractivity contribution in [3.05, 3.63) is 31.9 Å². The lowest BCUT2D eigenvalue weighted by Gasteiger charge is -2.17. The number of anilines is 1. The first-order valence-electron chi connectivity index (χ1n) is 6.08. The lowest BCUT2D eigenvalue weighted by Crippen LogP contribution is -2.21. The molecule has 1 unspecified atom stereocenters. The third-order valence-corrected chi connectivity index (χ3v) is 3.95. The maximum absolute atomic E-state index is 10.7. The van der Waals surface area contributed by atoms with Crippen molar-refractivity contribution in [2.24, 2.45) is 0 Å². The van der Waals surface area contributed by atoms with E-state index in [0.717, 1.165) is 31.6 Å². The molecule has 0 aromatic heterocycles. The van der Waals surface area contributed by atoms with Crippen LogP contribution in [0.3, 0.4) is 0 Å². The van der Waals surface area contributed by atoms with Crippen molar-refractivity contribution in [3.8, 4) is 0 Å². The fourth-order valence-electron chi connectivity index (χ4n) is 2.14. The quantitative estimate of drug-likeness (QED) is 0.494. The van der Waals surface area contributed by atoms with Crippen LogP contribution >= 0.6 is 22.6 Å². The van der Waals surface area contributed by atoms with Crippen LogP contribution in [0.25, 0.3) is 0 Å². The molecule has 2 rings (SSSR count). The third-order valence-electron chi connectivity index (χ3n) is 3.09. The molecule has 0 bridgehead atoms. The molecule has 18 heavy (non-hydrogen) atoms. The summed E-state index contributed by atoms with van der Waals surface area (Å²) in [5.74, 6) is 0. The molecule has 0 saturated carbocycles. The van der Waals surface area contributed by atoms with Gasteiger partial charge in [-0.25, -0.2) is 0 Å². The summed E-state index contributed by atoms with van der Waals surface area (Å²) in [4.78, 5) is 10.4. The number of halogens is 1. The van der Waals surface area contributed by atoms with Crippen LogP contribution in [-0.2, 0) is 0 Å². The zero-order valence-electron chi connectivity index (χ0n) is 9.99. The molecule has 1 aliphatic rings. The molecule has 0 spiro atoms. The van der Waals surface area contributed by atoms with Gasteiger partial charge in [-0.15, -0.1) is 0 Å². The predicted octanol–water partition coefficient (Wildman–Crippen LogP) is 2.75. The Balaban J connectivity index is 2.05. The van der Waals surface area contributed by atoms with Crippen LogP contribution < -0.4 is 10.6 Å². The second-order valence-electron chi connectivity index (χ2n) is 4.45. The van der Waals surface area contributed by atoms with Gasteiger partial charge in [-0.2, -0.15) is 0 Å². The summed E-state index contributed by atoms with van der Waals surface area (Å²) >= 11 is 2.01. The van der Waals surface area contributed by atoms with Crippen molar-refractivity contribution >= 4 is 34.0 Å². The molecule has 1 aromatic rings. The number of rotatable bonds is 3. The van der Waals surface area contributed by atoms with Crippen molar-refractivity contribution in [1.82, 2.24) is 5.32 Å². The van der Waals surface area contributed by atoms with Gasteiger partial charge in [0.15, 0.2) is 0 Å². The van der Waals surface area contributed by atoms with Crippen molar-refractivity contribution < 1.29 is 4.92 Å². The zero-order valence-corrected chi connectivity index (χ0v) is 12.1. The largest absolute Gasteiger partial charge is 0.382 e. The molecule has 5 nitrogen and oxygen atoms in total. The standard InChI is InChI=1S/C12H16IN3O2/c13-11-8-10(3-4-12(11)16(17)18)15-9-2-1-6-14-7-5-9/h3-4,8-9,14-15H,1-2,5-7H2. The Hall–Kier alpha value is -0.890. The van der Waals surface area contributed by atoms with Crippen LogP contribution in [0.4, 0.5) is 11.4 Å². The molecule has 1 fully saturated rings. The van der Waals surface area contributed by atoms with E-state index in [1.807, 2.05) is 28.7 Å². The average Bonchev–Trinajstić information content (AvgIpc) is 2.57. The number of hydrogen-bond acceptors (Lipinski definition) is 4. The number of benzene rings is 1. The minimum absolute atomic E-state index is 0.170. The van der Waals surface area contributed by atoms with Crippen molar-refractivity contribution in [1.29, 1.82) is 0 Å². The average molecular weight is 361 g/mol. The van der Waals surface area contributed by atoms with Gasteiger partial charge in [0.1, 0.15) is 0 Å². The molecule has 0 aliphatic carbocycles. The molecule has 1 aromatic carbocycles. The number of nitro groups is 1. The lowest BCUT2D eigenvalue weighted by atomic mass is 10.1.